The molecular weight excluding hydrogens is 464 g/mol. The standard InChI is InChI=1S/C19H19ClN4O3S3/c20-15-5-4-13(30(26,27)24-7-2-1-3-8-24)10-16(15)23-17(25)11-29-19-14-6-9-28-18(14)21-12-22-19/h4-6,9-10,12H,1-3,7-8,11H2,(H,23,25). The van der Waals surface area contributed by atoms with E-state index in [4.69, 9.17) is 11.6 Å². The molecule has 0 atom stereocenters. The second-order valence-electron chi connectivity index (χ2n) is 6.76. The first-order valence-electron chi connectivity index (χ1n) is 9.36. The smallest absolute Gasteiger partial charge is 0.243 e. The molecule has 1 saturated heterocycles. The third-order valence-electron chi connectivity index (χ3n) is 4.73. The molecule has 1 N–H and O–H groups in total. The molecule has 2 aromatic heterocycles. The number of carbonyl (C=O) groups excluding carboxylic acids is 1. The molecule has 7 nitrogen and oxygen atoms in total. The van der Waals surface area contributed by atoms with Crippen LogP contribution in [0.1, 0.15) is 19.3 Å². The quantitative estimate of drug-likeness (QED) is 0.417. The maximum absolute atomic E-state index is 12.9. The minimum Gasteiger partial charge on any atom is -0.324 e. The Morgan fingerprint density at radius 2 is 2.00 bits per heavy atom. The molecule has 0 radical (unpaired) electrons. The SMILES string of the molecule is O=C(CSc1ncnc2sccc12)Nc1cc(S(=O)(=O)N2CCCCC2)ccc1Cl. The van der Waals surface area contributed by atoms with Gasteiger partial charge in [0, 0.05) is 18.5 Å². The zero-order valence-electron chi connectivity index (χ0n) is 15.9. The van der Waals surface area contributed by atoms with Gasteiger partial charge < -0.3 is 5.32 Å². The molecule has 0 aliphatic carbocycles. The summed E-state index contributed by atoms with van der Waals surface area (Å²) >= 11 is 9.01. The number of nitrogens with one attached hydrogen (secondary N) is 1. The Hall–Kier alpha value is -1.72. The van der Waals surface area contributed by atoms with Gasteiger partial charge in [-0.2, -0.15) is 4.31 Å². The largest absolute Gasteiger partial charge is 0.324 e. The molecule has 3 aromatic rings. The second kappa shape index (κ2) is 9.19. The van der Waals surface area contributed by atoms with Crippen LogP contribution in [0.3, 0.4) is 0 Å². The van der Waals surface area contributed by atoms with Crippen molar-refractivity contribution in [3.8, 4) is 0 Å². The lowest BCUT2D eigenvalue weighted by atomic mass is 10.2. The van der Waals surface area contributed by atoms with E-state index in [1.54, 1.807) is 0 Å². The number of thioether (sulfide) groups is 1. The van der Waals surface area contributed by atoms with E-state index in [0.717, 1.165) is 34.5 Å². The molecule has 0 unspecified atom stereocenters. The number of hydrogen-bond donors (Lipinski definition) is 1. The Balaban J connectivity index is 1.46. The molecule has 11 heteroatoms. The monoisotopic (exact) mass is 482 g/mol. The summed E-state index contributed by atoms with van der Waals surface area (Å²) in [6, 6.07) is 6.33. The van der Waals surface area contributed by atoms with Gasteiger partial charge in [-0.1, -0.05) is 29.8 Å². The molecule has 1 aliphatic rings. The Bertz CT molecular complexity index is 1180. The fourth-order valence-electron chi connectivity index (χ4n) is 3.22. The van der Waals surface area contributed by atoms with E-state index < -0.39 is 10.0 Å². The number of hydrogen-bond acceptors (Lipinski definition) is 7. The molecule has 0 saturated carbocycles. The van der Waals surface area contributed by atoms with Crippen molar-refractivity contribution in [3.05, 3.63) is 41.0 Å². The van der Waals surface area contributed by atoms with Gasteiger partial charge in [0.05, 0.1) is 21.4 Å². The third kappa shape index (κ3) is 4.62. The van der Waals surface area contributed by atoms with E-state index in [-0.39, 0.29) is 27.3 Å². The molecule has 1 aromatic carbocycles. The Morgan fingerprint density at radius 3 is 2.80 bits per heavy atom. The number of fused-ring (bicyclic) bond motifs is 1. The van der Waals surface area contributed by atoms with Crippen molar-refractivity contribution in [1.29, 1.82) is 0 Å². The maximum Gasteiger partial charge on any atom is 0.243 e. The predicted molar refractivity (Wildman–Crippen MR) is 121 cm³/mol. The lowest BCUT2D eigenvalue weighted by Crippen LogP contribution is -2.35. The lowest BCUT2D eigenvalue weighted by Gasteiger charge is -2.26. The summed E-state index contributed by atoms with van der Waals surface area (Å²) in [5.74, 6) is -0.182. The van der Waals surface area contributed by atoms with E-state index >= 15 is 0 Å². The summed E-state index contributed by atoms with van der Waals surface area (Å²) in [4.78, 5) is 21.9. The number of nitrogens with zero attached hydrogens (tertiary/aromatic N) is 3. The van der Waals surface area contributed by atoms with Crippen LogP contribution in [0.2, 0.25) is 5.02 Å². The Labute approximate surface area is 187 Å². The van der Waals surface area contributed by atoms with Crippen molar-refractivity contribution >= 4 is 66.5 Å². The summed E-state index contributed by atoms with van der Waals surface area (Å²) in [6.45, 7) is 1.03. The highest BCUT2D eigenvalue weighted by molar-refractivity contribution is 8.00. The van der Waals surface area contributed by atoms with Gasteiger partial charge in [0.1, 0.15) is 16.2 Å². The van der Waals surface area contributed by atoms with Crippen molar-refractivity contribution in [1.82, 2.24) is 14.3 Å². The fraction of sp³-hybridized carbons (Fsp3) is 0.316. The molecule has 4 rings (SSSR count). The van der Waals surface area contributed by atoms with Gasteiger partial charge in [0.2, 0.25) is 15.9 Å². The Morgan fingerprint density at radius 1 is 1.20 bits per heavy atom. The highest BCUT2D eigenvalue weighted by Gasteiger charge is 2.26. The average molecular weight is 483 g/mol. The number of rotatable bonds is 6. The van der Waals surface area contributed by atoms with Crippen LogP contribution in [0.15, 0.2) is 45.9 Å². The number of amides is 1. The molecule has 1 amide bonds. The fourth-order valence-corrected chi connectivity index (χ4v) is 6.51. The van der Waals surface area contributed by atoms with Gasteiger partial charge in [-0.3, -0.25) is 4.79 Å². The molecule has 0 spiro atoms. The van der Waals surface area contributed by atoms with E-state index in [1.165, 1.54) is 51.9 Å². The van der Waals surface area contributed by atoms with Crippen LogP contribution in [0.25, 0.3) is 10.2 Å². The van der Waals surface area contributed by atoms with Crippen molar-refractivity contribution in [2.45, 2.75) is 29.2 Å². The first-order chi connectivity index (χ1) is 14.4. The summed E-state index contributed by atoms with van der Waals surface area (Å²) in [6.07, 6.45) is 4.22. The van der Waals surface area contributed by atoms with E-state index in [1.807, 2.05) is 11.4 Å². The van der Waals surface area contributed by atoms with E-state index in [0.29, 0.717) is 13.1 Å². The minimum absolute atomic E-state index is 0.112. The van der Waals surface area contributed by atoms with Crippen molar-refractivity contribution < 1.29 is 13.2 Å². The van der Waals surface area contributed by atoms with Crippen LogP contribution < -0.4 is 5.32 Å². The van der Waals surface area contributed by atoms with Gasteiger partial charge in [-0.05, 0) is 42.5 Å². The number of aromatic nitrogens is 2. The number of piperidine rings is 1. The molecule has 1 aliphatic heterocycles. The number of benzene rings is 1. The van der Waals surface area contributed by atoms with Crippen LogP contribution in [-0.2, 0) is 14.8 Å². The Kier molecular flexibility index (Phi) is 6.59. The predicted octanol–water partition coefficient (Wildman–Crippen LogP) is 4.25. The summed E-state index contributed by atoms with van der Waals surface area (Å²) in [7, 11) is -3.61. The second-order valence-corrected chi connectivity index (χ2v) is 11.0. The van der Waals surface area contributed by atoms with Gasteiger partial charge in [0.25, 0.3) is 0 Å². The zero-order chi connectivity index (χ0) is 21.1. The van der Waals surface area contributed by atoms with Gasteiger partial charge in [0.15, 0.2) is 0 Å². The molecule has 3 heterocycles. The van der Waals surface area contributed by atoms with Gasteiger partial charge in [-0.25, -0.2) is 18.4 Å². The number of carbonyl (C=O) groups is 1. The minimum atomic E-state index is -3.61. The molecular formula is C19H19ClN4O3S3. The van der Waals surface area contributed by atoms with Crippen LogP contribution in [0, 0.1) is 0 Å². The average Bonchev–Trinajstić information content (AvgIpc) is 3.24. The van der Waals surface area contributed by atoms with Crippen LogP contribution >= 0.6 is 34.7 Å². The third-order valence-corrected chi connectivity index (χ3v) is 8.78. The normalized spacial score (nSPS) is 15.4. The van der Waals surface area contributed by atoms with E-state index in [2.05, 4.69) is 15.3 Å². The summed E-state index contributed by atoms with van der Waals surface area (Å²) in [5, 5.41) is 6.57. The summed E-state index contributed by atoms with van der Waals surface area (Å²) < 4.78 is 27.3. The number of halogens is 1. The van der Waals surface area contributed by atoms with E-state index in [9.17, 15) is 13.2 Å². The molecule has 1 fully saturated rings. The highest BCUT2D eigenvalue weighted by Crippen LogP contribution is 2.30. The summed E-state index contributed by atoms with van der Waals surface area (Å²) in [5.41, 5.74) is 0.281. The highest BCUT2D eigenvalue weighted by atomic mass is 35.5. The first kappa shape index (κ1) is 21.5. The van der Waals surface area contributed by atoms with Gasteiger partial charge in [-0.15, -0.1) is 11.3 Å². The molecule has 158 valence electrons. The van der Waals surface area contributed by atoms with Crippen LogP contribution in [-0.4, -0.2) is 47.4 Å². The maximum atomic E-state index is 12.9. The number of sulfonamides is 1. The molecule has 30 heavy (non-hydrogen) atoms. The van der Waals surface area contributed by atoms with Crippen LogP contribution in [0.5, 0.6) is 0 Å². The zero-order valence-corrected chi connectivity index (χ0v) is 19.1. The van der Waals surface area contributed by atoms with Gasteiger partial charge >= 0.3 is 0 Å². The topological polar surface area (TPSA) is 92.3 Å². The first-order valence-corrected chi connectivity index (χ1v) is 13.0. The van der Waals surface area contributed by atoms with Crippen LogP contribution in [0.4, 0.5) is 5.69 Å². The van der Waals surface area contributed by atoms with Crippen molar-refractivity contribution in [2.75, 3.05) is 24.2 Å². The van der Waals surface area contributed by atoms with Crippen molar-refractivity contribution in [3.63, 3.8) is 0 Å². The number of thiophene rings is 1. The van der Waals surface area contributed by atoms with Crippen molar-refractivity contribution in [2.24, 2.45) is 0 Å². The number of anilines is 1. The lowest BCUT2D eigenvalue weighted by molar-refractivity contribution is -0.113. The molecule has 0 bridgehead atoms.